The molecule has 10 heteroatoms. The van der Waals surface area contributed by atoms with Crippen LogP contribution in [0.15, 0.2) is 67.0 Å². The maximum atomic E-state index is 12.5. The van der Waals surface area contributed by atoms with Gasteiger partial charge in [-0.15, -0.1) is 0 Å². The first-order valence-corrected chi connectivity index (χ1v) is 11.8. The number of nitrogens with one attached hydrogen (secondary N) is 1. The fourth-order valence-corrected chi connectivity index (χ4v) is 3.93. The molecule has 1 heterocycles. The number of nitrogens with zero attached hydrogens (tertiary/aromatic N) is 3. The van der Waals surface area contributed by atoms with Gasteiger partial charge in [0.25, 0.3) is 5.91 Å². The molecule has 0 fully saturated rings. The molecule has 0 aliphatic carbocycles. The number of hydrogen-bond acceptors (Lipinski definition) is 6. The number of hydrogen-bond donors (Lipinski definition) is 1. The normalized spacial score (nSPS) is 11.7. The molecule has 1 N–H and O–H groups in total. The predicted molar refractivity (Wildman–Crippen MR) is 137 cm³/mol. The predicted octanol–water partition coefficient (Wildman–Crippen LogP) is 1.53. The van der Waals surface area contributed by atoms with Gasteiger partial charge in [0, 0.05) is 24.6 Å². The minimum atomic E-state index is -1.41. The number of rotatable bonds is 10. The van der Waals surface area contributed by atoms with Gasteiger partial charge < -0.3 is 20.1 Å². The van der Waals surface area contributed by atoms with Crippen molar-refractivity contribution >= 4 is 52.8 Å². The minimum absolute atomic E-state index is 0. The van der Waals surface area contributed by atoms with Crippen LogP contribution in [0.2, 0.25) is 10.0 Å². The zero-order valence-corrected chi connectivity index (χ0v) is 23.8. The summed E-state index contributed by atoms with van der Waals surface area (Å²) in [5, 5.41) is 14.3. The number of carboxylic acid groups (broad SMARTS) is 1. The minimum Gasteiger partial charge on any atom is -0.548 e. The van der Waals surface area contributed by atoms with Crippen molar-refractivity contribution in [3.05, 3.63) is 88.2 Å². The summed E-state index contributed by atoms with van der Waals surface area (Å²) in [4.78, 5) is 34.9. The van der Waals surface area contributed by atoms with Crippen LogP contribution in [0.1, 0.15) is 36.2 Å². The van der Waals surface area contributed by atoms with E-state index in [0.717, 1.165) is 17.8 Å². The maximum Gasteiger partial charge on any atom is 1.00 e. The second-order valence-electron chi connectivity index (χ2n) is 8.22. The Labute approximate surface area is 242 Å². The van der Waals surface area contributed by atoms with Crippen LogP contribution in [-0.2, 0) is 4.79 Å². The van der Waals surface area contributed by atoms with E-state index in [2.05, 4.69) is 29.1 Å². The van der Waals surface area contributed by atoms with Gasteiger partial charge in [-0.05, 0) is 48.2 Å². The number of carboxylic acids is 1. The van der Waals surface area contributed by atoms with E-state index >= 15 is 0 Å². The molecule has 0 aliphatic heterocycles. The van der Waals surface area contributed by atoms with Crippen molar-refractivity contribution in [1.29, 1.82) is 0 Å². The molecular formula is C26H25Cl2N4NaO3. The quantitative estimate of drug-likeness (QED) is 0.396. The third-order valence-electron chi connectivity index (χ3n) is 5.01. The molecule has 182 valence electrons. The Morgan fingerprint density at radius 1 is 1.03 bits per heavy atom. The number of halogens is 2. The smallest absolute Gasteiger partial charge is 0.548 e. The molecule has 2 aromatic carbocycles. The molecule has 0 bridgehead atoms. The number of anilines is 2. The van der Waals surface area contributed by atoms with Gasteiger partial charge in [0.1, 0.15) is 0 Å². The van der Waals surface area contributed by atoms with E-state index in [1.807, 2.05) is 29.2 Å². The van der Waals surface area contributed by atoms with Crippen LogP contribution >= 0.6 is 23.2 Å². The van der Waals surface area contributed by atoms with Gasteiger partial charge in [-0.3, -0.25) is 4.79 Å². The molecule has 0 radical (unpaired) electrons. The number of amides is 1. The second-order valence-corrected chi connectivity index (χ2v) is 9.04. The molecule has 36 heavy (non-hydrogen) atoms. The summed E-state index contributed by atoms with van der Waals surface area (Å²) in [6.07, 6.45) is 6.88. The van der Waals surface area contributed by atoms with Crippen molar-refractivity contribution in [3.8, 4) is 0 Å². The van der Waals surface area contributed by atoms with E-state index in [9.17, 15) is 14.7 Å². The summed E-state index contributed by atoms with van der Waals surface area (Å²) < 4.78 is 0. The third kappa shape index (κ3) is 8.32. The molecule has 1 amide bonds. The zero-order chi connectivity index (χ0) is 25.4. The average Bonchev–Trinajstić information content (AvgIpc) is 2.82. The molecule has 1 atom stereocenters. The van der Waals surface area contributed by atoms with E-state index in [1.54, 1.807) is 36.7 Å². The molecule has 0 aliphatic rings. The van der Waals surface area contributed by atoms with Crippen molar-refractivity contribution in [2.45, 2.75) is 26.3 Å². The fraction of sp³-hybridized carbons (Fsp3) is 0.231. The first-order valence-electron chi connectivity index (χ1n) is 11.0. The van der Waals surface area contributed by atoms with Crippen LogP contribution in [0.5, 0.6) is 0 Å². The molecule has 1 aromatic heterocycles. The molecule has 0 spiro atoms. The Morgan fingerprint density at radius 3 is 2.19 bits per heavy atom. The van der Waals surface area contributed by atoms with Crippen molar-refractivity contribution in [2.75, 3.05) is 11.4 Å². The molecule has 0 saturated carbocycles. The first-order chi connectivity index (χ1) is 16.8. The number of carbonyl (C=O) groups excluding carboxylic acids is 2. The van der Waals surface area contributed by atoms with E-state index < -0.39 is 17.9 Å². The van der Waals surface area contributed by atoms with Gasteiger partial charge in [0.05, 0.1) is 27.6 Å². The molecule has 0 saturated heterocycles. The van der Waals surface area contributed by atoms with Crippen molar-refractivity contribution in [1.82, 2.24) is 15.3 Å². The summed E-state index contributed by atoms with van der Waals surface area (Å²) in [6.45, 7) is 5.00. The van der Waals surface area contributed by atoms with Crippen LogP contribution in [0.3, 0.4) is 0 Å². The fourth-order valence-electron chi connectivity index (χ4n) is 3.36. The summed E-state index contributed by atoms with van der Waals surface area (Å²) in [5.74, 6) is -1.07. The van der Waals surface area contributed by atoms with Crippen LogP contribution in [0.4, 0.5) is 11.6 Å². The monoisotopic (exact) mass is 534 g/mol. The van der Waals surface area contributed by atoms with Crippen LogP contribution in [0.25, 0.3) is 6.08 Å². The van der Waals surface area contributed by atoms with Crippen LogP contribution in [-0.4, -0.2) is 34.4 Å². The van der Waals surface area contributed by atoms with Gasteiger partial charge in [-0.2, -0.15) is 0 Å². The number of benzene rings is 2. The van der Waals surface area contributed by atoms with E-state index in [1.165, 1.54) is 12.1 Å². The van der Waals surface area contributed by atoms with E-state index in [-0.39, 0.29) is 51.6 Å². The second kappa shape index (κ2) is 14.4. The largest absolute Gasteiger partial charge is 1.00 e. The van der Waals surface area contributed by atoms with Crippen molar-refractivity contribution < 1.29 is 44.3 Å². The standard InChI is InChI=1S/C26H26Cl2N4O3.Na/c1-17(2)16-32(26-29-14-5-15-30-26)19-12-10-18(11-13-19)6-3-9-22(25(34)35)31-24(33)23-20(27)7-4-8-21(23)28;/h3-8,10-15,17,22H,9,16H2,1-2H3,(H,31,33)(H,34,35);/q;+1/p-1. The Hall–Kier alpha value is -2.42. The third-order valence-corrected chi connectivity index (χ3v) is 5.64. The average molecular weight is 535 g/mol. The van der Waals surface area contributed by atoms with E-state index in [0.29, 0.717) is 11.9 Å². The Kier molecular flexibility index (Phi) is 11.9. The summed E-state index contributed by atoms with van der Waals surface area (Å²) in [7, 11) is 0. The molecular weight excluding hydrogens is 510 g/mol. The summed E-state index contributed by atoms with van der Waals surface area (Å²) in [5.41, 5.74) is 1.83. The van der Waals surface area contributed by atoms with Crippen LogP contribution < -0.4 is 44.9 Å². The Morgan fingerprint density at radius 2 is 1.64 bits per heavy atom. The van der Waals surface area contributed by atoms with Gasteiger partial charge in [0.15, 0.2) is 0 Å². The maximum absolute atomic E-state index is 12.5. The topological polar surface area (TPSA) is 98.2 Å². The molecule has 1 unspecified atom stereocenters. The van der Waals surface area contributed by atoms with Crippen LogP contribution in [0, 0.1) is 5.92 Å². The molecule has 7 nitrogen and oxygen atoms in total. The molecule has 3 aromatic rings. The number of carbonyl (C=O) groups is 2. The van der Waals surface area contributed by atoms with E-state index in [4.69, 9.17) is 23.2 Å². The molecule has 3 rings (SSSR count). The number of aliphatic carboxylic acids is 1. The number of aromatic nitrogens is 2. The van der Waals surface area contributed by atoms with Gasteiger partial charge in [-0.1, -0.05) is 67.4 Å². The van der Waals surface area contributed by atoms with Gasteiger partial charge >= 0.3 is 29.6 Å². The Balaban J connectivity index is 0.00000456. The van der Waals surface area contributed by atoms with Crippen molar-refractivity contribution in [3.63, 3.8) is 0 Å². The zero-order valence-electron chi connectivity index (χ0n) is 20.3. The summed E-state index contributed by atoms with van der Waals surface area (Å²) in [6, 6.07) is 12.9. The van der Waals surface area contributed by atoms with Gasteiger partial charge in [0.2, 0.25) is 5.95 Å². The van der Waals surface area contributed by atoms with Gasteiger partial charge in [-0.25, -0.2) is 9.97 Å². The summed E-state index contributed by atoms with van der Waals surface area (Å²) >= 11 is 12.1. The SMILES string of the molecule is CC(C)CN(c1ccc(C=CCC(NC(=O)c2c(Cl)cccc2Cl)C(=O)[O-])cc1)c1ncccn1.[Na+]. The van der Waals surface area contributed by atoms with Crippen molar-refractivity contribution in [2.24, 2.45) is 5.92 Å². The first kappa shape index (κ1) is 29.8. The Bertz CT molecular complexity index is 1170.